The normalized spacial score (nSPS) is 21.3. The summed E-state index contributed by atoms with van der Waals surface area (Å²) in [6.45, 7) is 6.37. The molecule has 6 aromatic carbocycles. The van der Waals surface area contributed by atoms with Gasteiger partial charge in [-0.3, -0.25) is 15.0 Å². The van der Waals surface area contributed by atoms with E-state index in [0.29, 0.717) is 41.4 Å². The number of unbranched alkanes of at least 4 members (excludes halogenated alkanes) is 2. The fraction of sp³-hybridized carbons (Fsp3) is 0.333. The number of allylic oxidation sites excluding steroid dienone is 1. The Morgan fingerprint density at radius 3 is 2.32 bits per heavy atom. The van der Waals surface area contributed by atoms with E-state index < -0.39 is 28.8 Å². The average Bonchev–Trinajstić information content (AvgIpc) is 3.41. The molecule has 2 N–H and O–H groups in total. The summed E-state index contributed by atoms with van der Waals surface area (Å²) < 4.78 is 27.3. The van der Waals surface area contributed by atoms with Crippen LogP contribution in [0.2, 0.25) is 0 Å². The fourth-order valence-electron chi connectivity index (χ4n) is 11.2. The Morgan fingerprint density at radius 1 is 0.863 bits per heavy atom. The molecule has 6 unspecified atom stereocenters. The number of fused-ring (bicyclic) bond motifs is 3. The highest BCUT2D eigenvalue weighted by Crippen LogP contribution is 2.62. The number of ether oxygens (including phenoxy) is 4. The molecule has 1 aliphatic heterocycles. The van der Waals surface area contributed by atoms with Crippen LogP contribution in [0, 0.1) is 27.9 Å². The lowest BCUT2D eigenvalue weighted by molar-refractivity contribution is -0.384. The summed E-state index contributed by atoms with van der Waals surface area (Å²) in [6, 6.07) is 43.6. The van der Waals surface area contributed by atoms with Gasteiger partial charge in [-0.25, -0.2) is 4.79 Å². The summed E-state index contributed by atoms with van der Waals surface area (Å²) in [5.74, 6) is -0.578. The van der Waals surface area contributed by atoms with Gasteiger partial charge >= 0.3 is 6.09 Å². The standard InChI is InChI=1S/C60H63N3O10/c1-3-35-70-60-56(62(59(66)69-4-2)39-46-20-14-19-44-17-8-9-21-50(44)46)38-54(61-71-40-41-23-27-47(28-24-41)63(67)68)52-36-45(18-10-12-33-64)51(22-11-13-34-65)57(58(52)60)53-37-49(31-32-55(53)73-60)72-48-29-25-43(26-30-48)42-15-6-5-7-16-42/h3,5-9,14-17,19-21,23-32,36-37,45,51,56-58,64-65H,1,4,10-13,18,22,33-35,38-40H2,2H3. The molecule has 1 saturated carbocycles. The molecule has 1 amide bonds. The highest BCUT2D eigenvalue weighted by atomic mass is 16.7. The molecule has 0 aromatic heterocycles. The van der Waals surface area contributed by atoms with Crippen molar-refractivity contribution < 1.29 is 43.7 Å². The Labute approximate surface area is 426 Å². The maximum Gasteiger partial charge on any atom is 0.410 e. The lowest BCUT2D eigenvalue weighted by Gasteiger charge is -2.59. The van der Waals surface area contributed by atoms with E-state index in [-0.39, 0.29) is 69.4 Å². The number of aliphatic hydroxyl groups excluding tert-OH is 2. The average molecular weight is 986 g/mol. The number of nitro benzene ring substituents is 1. The summed E-state index contributed by atoms with van der Waals surface area (Å²) in [7, 11) is 0. The summed E-state index contributed by atoms with van der Waals surface area (Å²) in [4.78, 5) is 33.9. The number of non-ortho nitro benzene ring substituents is 1. The molecule has 3 aliphatic rings. The van der Waals surface area contributed by atoms with Gasteiger partial charge in [0.05, 0.1) is 36.3 Å². The Kier molecular flexibility index (Phi) is 16.3. The first-order chi connectivity index (χ1) is 35.7. The maximum absolute atomic E-state index is 14.9. The number of nitrogens with zero attached hydrogens (tertiary/aromatic N) is 3. The van der Waals surface area contributed by atoms with E-state index in [1.807, 2.05) is 97.1 Å². The molecule has 0 bridgehead atoms. The molecular weight excluding hydrogens is 923 g/mol. The minimum atomic E-state index is -1.53. The Morgan fingerprint density at radius 2 is 1.58 bits per heavy atom. The quantitative estimate of drug-likeness (QED) is 0.0290. The molecule has 6 aromatic rings. The van der Waals surface area contributed by atoms with Crippen molar-refractivity contribution in [2.75, 3.05) is 26.4 Å². The van der Waals surface area contributed by atoms with Gasteiger partial charge in [-0.2, -0.15) is 0 Å². The number of carbonyl (C=O) groups is 1. The monoisotopic (exact) mass is 985 g/mol. The van der Waals surface area contributed by atoms with Gasteiger partial charge in [0.15, 0.2) is 0 Å². The zero-order valence-electron chi connectivity index (χ0n) is 41.2. The van der Waals surface area contributed by atoms with Crippen LogP contribution in [0.5, 0.6) is 17.2 Å². The highest BCUT2D eigenvalue weighted by molar-refractivity contribution is 6.03. The van der Waals surface area contributed by atoms with Crippen LogP contribution in [0.15, 0.2) is 169 Å². The van der Waals surface area contributed by atoms with Gasteiger partial charge in [0.2, 0.25) is 5.79 Å². The Balaban J connectivity index is 1.22. The second-order valence-corrected chi connectivity index (χ2v) is 18.9. The van der Waals surface area contributed by atoms with E-state index in [9.17, 15) is 25.1 Å². The largest absolute Gasteiger partial charge is 0.459 e. The molecule has 0 saturated heterocycles. The molecular formula is C60H63N3O10. The maximum atomic E-state index is 14.9. The van der Waals surface area contributed by atoms with E-state index in [1.165, 1.54) is 12.1 Å². The van der Waals surface area contributed by atoms with Gasteiger partial charge in [-0.1, -0.05) is 115 Å². The van der Waals surface area contributed by atoms with Crippen LogP contribution < -0.4 is 9.47 Å². The van der Waals surface area contributed by atoms with Crippen LogP contribution in [0.1, 0.15) is 74.5 Å². The molecule has 9 rings (SSSR count). The molecule has 0 radical (unpaired) electrons. The number of aliphatic hydroxyl groups is 2. The molecule has 2 aliphatic carbocycles. The predicted molar refractivity (Wildman–Crippen MR) is 281 cm³/mol. The van der Waals surface area contributed by atoms with Crippen molar-refractivity contribution in [3.8, 4) is 28.4 Å². The third-order valence-electron chi connectivity index (χ3n) is 14.5. The van der Waals surface area contributed by atoms with Gasteiger partial charge in [0, 0.05) is 43.2 Å². The van der Waals surface area contributed by atoms with Crippen molar-refractivity contribution >= 4 is 28.3 Å². The van der Waals surface area contributed by atoms with Crippen LogP contribution in [0.4, 0.5) is 10.5 Å². The van der Waals surface area contributed by atoms with Crippen LogP contribution in [-0.4, -0.2) is 70.1 Å². The molecule has 0 spiro atoms. The van der Waals surface area contributed by atoms with Crippen LogP contribution >= 0.6 is 0 Å². The molecule has 13 heteroatoms. The number of rotatable bonds is 22. The number of carbonyl (C=O) groups excluding carboxylic acids is 1. The van der Waals surface area contributed by atoms with Gasteiger partial charge in [-0.05, 0) is 126 Å². The Hall–Kier alpha value is -7.32. The van der Waals surface area contributed by atoms with E-state index in [0.717, 1.165) is 64.3 Å². The van der Waals surface area contributed by atoms with Crippen LogP contribution in [0.3, 0.4) is 0 Å². The summed E-state index contributed by atoms with van der Waals surface area (Å²) in [6.07, 6.45) is 7.88. The minimum absolute atomic E-state index is 0.00656. The first-order valence-corrected chi connectivity index (χ1v) is 25.4. The van der Waals surface area contributed by atoms with Crippen molar-refractivity contribution in [3.63, 3.8) is 0 Å². The molecule has 13 nitrogen and oxygen atoms in total. The third-order valence-corrected chi connectivity index (χ3v) is 14.5. The first kappa shape index (κ1) is 50.6. The van der Waals surface area contributed by atoms with Crippen molar-refractivity contribution in [3.05, 3.63) is 191 Å². The Bertz CT molecular complexity index is 2920. The number of nitro groups is 1. The number of hydrogen-bond donors (Lipinski definition) is 2. The van der Waals surface area contributed by atoms with Crippen molar-refractivity contribution in [1.82, 2.24) is 4.90 Å². The number of oxime groups is 1. The SMILES string of the molecule is C=CCOC12Oc3ccc(Oc4ccc(-c5ccccc5)cc4)cc3C3C(CCCCO)C(CCCCO)C=C(C(=NOCc4ccc([N+](=O)[O-])cc4)CC1N(Cc1cccc4ccccc14)C(=O)OCC)C32. The number of benzene rings is 6. The number of hydrogen-bond acceptors (Lipinski definition) is 11. The van der Waals surface area contributed by atoms with Gasteiger partial charge in [0.1, 0.15) is 29.9 Å². The summed E-state index contributed by atoms with van der Waals surface area (Å²) in [5, 5.41) is 38.6. The molecule has 378 valence electrons. The number of amides is 1. The zero-order valence-corrected chi connectivity index (χ0v) is 41.2. The fourth-order valence-corrected chi connectivity index (χ4v) is 11.2. The van der Waals surface area contributed by atoms with E-state index in [2.05, 4.69) is 30.9 Å². The van der Waals surface area contributed by atoms with E-state index in [4.69, 9.17) is 28.9 Å². The van der Waals surface area contributed by atoms with Crippen molar-refractivity contribution in [2.45, 2.75) is 82.8 Å². The predicted octanol–water partition coefficient (Wildman–Crippen LogP) is 12.7. The zero-order chi connectivity index (χ0) is 50.7. The van der Waals surface area contributed by atoms with Crippen LogP contribution in [0.25, 0.3) is 21.9 Å². The molecule has 6 atom stereocenters. The lowest BCUT2D eigenvalue weighted by Crippen LogP contribution is -2.70. The van der Waals surface area contributed by atoms with Gasteiger partial charge in [-0.15, -0.1) is 6.58 Å². The molecule has 73 heavy (non-hydrogen) atoms. The van der Waals surface area contributed by atoms with E-state index >= 15 is 0 Å². The van der Waals surface area contributed by atoms with Crippen molar-refractivity contribution in [2.24, 2.45) is 22.9 Å². The second-order valence-electron chi connectivity index (χ2n) is 18.9. The second kappa shape index (κ2) is 23.5. The van der Waals surface area contributed by atoms with Gasteiger partial charge in [0.25, 0.3) is 5.69 Å². The van der Waals surface area contributed by atoms with E-state index in [1.54, 1.807) is 30.0 Å². The first-order valence-electron chi connectivity index (χ1n) is 25.4. The van der Waals surface area contributed by atoms with Gasteiger partial charge < -0.3 is 34.0 Å². The van der Waals surface area contributed by atoms with Crippen LogP contribution in [-0.2, 0) is 27.5 Å². The summed E-state index contributed by atoms with van der Waals surface area (Å²) >= 11 is 0. The minimum Gasteiger partial charge on any atom is -0.459 e. The topological polar surface area (TPSA) is 162 Å². The smallest absolute Gasteiger partial charge is 0.410 e. The molecule has 1 fully saturated rings. The molecule has 1 heterocycles. The lowest BCUT2D eigenvalue weighted by atomic mass is 9.55. The summed E-state index contributed by atoms with van der Waals surface area (Å²) in [5.41, 5.74) is 6.12. The highest BCUT2D eigenvalue weighted by Gasteiger charge is 2.65. The third kappa shape index (κ3) is 11.0. The van der Waals surface area contributed by atoms with Crippen molar-refractivity contribution in [1.29, 1.82) is 0 Å².